The van der Waals surface area contributed by atoms with E-state index in [0.717, 1.165) is 19.6 Å². The topological polar surface area (TPSA) is 55.4 Å². The van der Waals surface area contributed by atoms with E-state index >= 15 is 0 Å². The lowest BCUT2D eigenvalue weighted by molar-refractivity contribution is -0.191. The molecule has 0 aromatic heterocycles. The molecule has 0 atom stereocenters. The van der Waals surface area contributed by atoms with Crippen molar-refractivity contribution in [3.8, 4) is 0 Å². The fourth-order valence-electron chi connectivity index (χ4n) is 0.568. The summed E-state index contributed by atoms with van der Waals surface area (Å²) < 4.78 is 5.30. The fourth-order valence-corrected chi connectivity index (χ4v) is 0.568. The van der Waals surface area contributed by atoms with Crippen LogP contribution in [0.5, 0.6) is 0 Å². The van der Waals surface area contributed by atoms with Crippen LogP contribution < -0.4 is 5.32 Å². The molecule has 0 unspecified atom stereocenters. The van der Waals surface area contributed by atoms with Gasteiger partial charge in [-0.1, -0.05) is 0 Å². The van der Waals surface area contributed by atoms with Gasteiger partial charge in [-0.25, -0.2) is 0 Å². The molecule has 0 spiro atoms. The van der Waals surface area contributed by atoms with Gasteiger partial charge in [0.05, 0.1) is 6.10 Å². The van der Waals surface area contributed by atoms with Crippen LogP contribution in [0.15, 0.2) is 0 Å². The van der Waals surface area contributed by atoms with E-state index in [1.54, 1.807) is 0 Å². The van der Waals surface area contributed by atoms with Gasteiger partial charge in [0.1, 0.15) is 0 Å². The Morgan fingerprint density at radius 3 is 2.15 bits per heavy atom. The van der Waals surface area contributed by atoms with Crippen LogP contribution in [0.1, 0.15) is 20.3 Å². The molecule has 0 saturated carbocycles. The normalized spacial score (nSPS) is 8.00. The average molecular weight is 209 g/mol. The van der Waals surface area contributed by atoms with Crippen molar-refractivity contribution in [2.75, 3.05) is 20.2 Å². The lowest BCUT2D eigenvalue weighted by atomic mass is 10.4. The van der Waals surface area contributed by atoms with Crippen molar-refractivity contribution in [1.29, 1.82) is 0 Å². The summed E-state index contributed by atoms with van der Waals surface area (Å²) >= 11 is 0. The van der Waals surface area contributed by atoms with Crippen LogP contribution in [0.2, 0.25) is 0 Å². The molecule has 5 heteroatoms. The van der Waals surface area contributed by atoms with Crippen molar-refractivity contribution in [3.63, 3.8) is 0 Å². The molecule has 0 aliphatic carbocycles. The quantitative estimate of drug-likeness (QED) is 0.672. The molecule has 0 aliphatic rings. The van der Waals surface area contributed by atoms with E-state index in [0.29, 0.717) is 6.10 Å². The summed E-state index contributed by atoms with van der Waals surface area (Å²) in [5.41, 5.74) is 0. The van der Waals surface area contributed by atoms with Gasteiger partial charge in [0, 0.05) is 6.61 Å². The minimum absolute atomic E-state index is 0. The van der Waals surface area contributed by atoms with E-state index in [4.69, 9.17) is 14.3 Å². The molecule has 0 aromatic rings. The van der Waals surface area contributed by atoms with E-state index in [2.05, 4.69) is 19.2 Å². The Bertz CT molecular complexity index is 114. The minimum Gasteiger partial charge on any atom is -0.379 e. The largest absolute Gasteiger partial charge is 0.379 e. The van der Waals surface area contributed by atoms with Crippen LogP contribution in [-0.2, 0) is 14.3 Å². The predicted molar refractivity (Wildman–Crippen MR) is 55.0 cm³/mol. The SMILES string of the molecule is CNCCCOC(C)C.O=C=O.S. The highest BCUT2D eigenvalue weighted by Crippen LogP contribution is 1.88. The highest BCUT2D eigenvalue weighted by molar-refractivity contribution is 7.59. The van der Waals surface area contributed by atoms with Gasteiger partial charge in [-0.05, 0) is 33.9 Å². The Labute approximate surface area is 86.5 Å². The Morgan fingerprint density at radius 2 is 1.85 bits per heavy atom. The second-order valence-electron chi connectivity index (χ2n) is 2.46. The molecule has 0 heterocycles. The van der Waals surface area contributed by atoms with Crippen molar-refractivity contribution in [1.82, 2.24) is 5.32 Å². The van der Waals surface area contributed by atoms with Gasteiger partial charge in [-0.15, -0.1) is 0 Å². The number of hydrogen-bond acceptors (Lipinski definition) is 4. The summed E-state index contributed by atoms with van der Waals surface area (Å²) in [6.07, 6.45) is 1.73. The molecule has 0 amide bonds. The van der Waals surface area contributed by atoms with Crippen molar-refractivity contribution >= 4 is 19.6 Å². The second kappa shape index (κ2) is 17.7. The zero-order valence-electron chi connectivity index (χ0n) is 8.42. The Morgan fingerprint density at radius 1 is 1.38 bits per heavy atom. The van der Waals surface area contributed by atoms with Crippen LogP contribution in [0.25, 0.3) is 0 Å². The Balaban J connectivity index is -0.000000220. The van der Waals surface area contributed by atoms with Gasteiger partial charge >= 0.3 is 6.15 Å². The lowest BCUT2D eigenvalue weighted by Crippen LogP contribution is -2.12. The number of rotatable bonds is 5. The summed E-state index contributed by atoms with van der Waals surface area (Å²) in [6.45, 7) is 6.03. The van der Waals surface area contributed by atoms with Crippen LogP contribution in [0, 0.1) is 0 Å². The van der Waals surface area contributed by atoms with E-state index in [-0.39, 0.29) is 19.6 Å². The average Bonchev–Trinajstić information content (AvgIpc) is 1.99. The summed E-state index contributed by atoms with van der Waals surface area (Å²) in [6, 6.07) is 0. The third kappa shape index (κ3) is 34.0. The molecule has 1 N–H and O–H groups in total. The lowest BCUT2D eigenvalue weighted by Gasteiger charge is -2.05. The third-order valence-corrected chi connectivity index (χ3v) is 1.02. The molecule has 0 rings (SSSR count). The van der Waals surface area contributed by atoms with Crippen LogP contribution >= 0.6 is 13.5 Å². The summed E-state index contributed by atoms with van der Waals surface area (Å²) in [5.74, 6) is 0. The Kier molecular flexibility index (Phi) is 25.0. The molecule has 0 radical (unpaired) electrons. The van der Waals surface area contributed by atoms with E-state index in [9.17, 15) is 0 Å². The van der Waals surface area contributed by atoms with Crippen molar-refractivity contribution < 1.29 is 14.3 Å². The zero-order chi connectivity index (χ0) is 9.82. The van der Waals surface area contributed by atoms with Gasteiger partial charge in [-0.3, -0.25) is 0 Å². The zero-order valence-corrected chi connectivity index (χ0v) is 9.42. The maximum Gasteiger partial charge on any atom is 0.373 e. The smallest absolute Gasteiger partial charge is 0.373 e. The molecule has 13 heavy (non-hydrogen) atoms. The van der Waals surface area contributed by atoms with E-state index < -0.39 is 0 Å². The predicted octanol–water partition coefficient (Wildman–Crippen LogP) is 0.550. The van der Waals surface area contributed by atoms with Crippen LogP contribution in [0.3, 0.4) is 0 Å². The number of carbonyl (C=O) groups excluding carboxylic acids is 2. The summed E-state index contributed by atoms with van der Waals surface area (Å²) in [4.78, 5) is 16.2. The third-order valence-electron chi connectivity index (χ3n) is 1.02. The van der Waals surface area contributed by atoms with Gasteiger partial charge in [0.15, 0.2) is 0 Å². The standard InChI is InChI=1S/C7H17NO.CO2.H2S/c1-7(2)9-6-4-5-8-3;2-1-3;/h7-8H,4-6H2,1-3H3;;1H2. The molecule has 80 valence electrons. The molecule has 0 aromatic carbocycles. The first-order valence-electron chi connectivity index (χ1n) is 3.94. The first-order chi connectivity index (χ1) is 5.68. The maximum absolute atomic E-state index is 8.12. The van der Waals surface area contributed by atoms with Gasteiger partial charge < -0.3 is 10.1 Å². The number of nitrogens with one attached hydrogen (secondary N) is 1. The molecular weight excluding hydrogens is 190 g/mol. The van der Waals surface area contributed by atoms with Gasteiger partial charge in [0.2, 0.25) is 0 Å². The summed E-state index contributed by atoms with van der Waals surface area (Å²) in [5, 5.41) is 3.06. The van der Waals surface area contributed by atoms with Crippen molar-refractivity contribution in [3.05, 3.63) is 0 Å². The van der Waals surface area contributed by atoms with Crippen LogP contribution in [0.4, 0.5) is 0 Å². The molecule has 0 fully saturated rings. The highest BCUT2D eigenvalue weighted by atomic mass is 32.1. The highest BCUT2D eigenvalue weighted by Gasteiger charge is 1.90. The first-order valence-corrected chi connectivity index (χ1v) is 3.94. The monoisotopic (exact) mass is 209 g/mol. The van der Waals surface area contributed by atoms with Crippen molar-refractivity contribution in [2.24, 2.45) is 0 Å². The molecule has 0 bridgehead atoms. The van der Waals surface area contributed by atoms with E-state index in [1.165, 1.54) is 0 Å². The minimum atomic E-state index is 0. The second-order valence-corrected chi connectivity index (χ2v) is 2.46. The molecule has 0 aliphatic heterocycles. The first kappa shape index (κ1) is 18.4. The fraction of sp³-hybridized carbons (Fsp3) is 0.875. The van der Waals surface area contributed by atoms with E-state index in [1.807, 2.05) is 7.05 Å². The van der Waals surface area contributed by atoms with Crippen molar-refractivity contribution in [2.45, 2.75) is 26.4 Å². The summed E-state index contributed by atoms with van der Waals surface area (Å²) in [7, 11) is 1.95. The number of hydrogen-bond donors (Lipinski definition) is 1. The molecule has 0 saturated heterocycles. The van der Waals surface area contributed by atoms with Gasteiger partial charge in [-0.2, -0.15) is 23.1 Å². The Hall–Kier alpha value is -0.350. The molecule has 4 nitrogen and oxygen atoms in total. The molecular formula is C8H19NO3S. The maximum atomic E-state index is 8.12. The van der Waals surface area contributed by atoms with Crippen LogP contribution in [-0.4, -0.2) is 32.5 Å². The number of ether oxygens (including phenoxy) is 1. The van der Waals surface area contributed by atoms with Gasteiger partial charge in [0.25, 0.3) is 0 Å².